The fourth-order valence-electron chi connectivity index (χ4n) is 2.29. The van der Waals surface area contributed by atoms with E-state index < -0.39 is 21.8 Å². The highest BCUT2D eigenvalue weighted by atomic mass is 32.2. The Balaban J connectivity index is 2.66. The lowest BCUT2D eigenvalue weighted by Crippen LogP contribution is -2.24. The third kappa shape index (κ3) is 2.39. The maximum atomic E-state index is 12.0. The SMILES string of the molecule is CCc1cc2c(cc1C(=O)N=C(N)N)S(=O)(=O)CC2N. The molecular weight excluding hydrogens is 280 g/mol. The summed E-state index contributed by atoms with van der Waals surface area (Å²) in [5.74, 6) is -1.16. The van der Waals surface area contributed by atoms with Crippen LogP contribution in [0.5, 0.6) is 0 Å². The van der Waals surface area contributed by atoms with Gasteiger partial charge in [0.2, 0.25) is 0 Å². The first-order chi connectivity index (χ1) is 9.26. The minimum Gasteiger partial charge on any atom is -0.370 e. The maximum absolute atomic E-state index is 12.0. The molecule has 0 aliphatic carbocycles. The van der Waals surface area contributed by atoms with Crippen LogP contribution in [0.4, 0.5) is 0 Å². The quantitative estimate of drug-likeness (QED) is 0.493. The van der Waals surface area contributed by atoms with Crippen LogP contribution in [0.3, 0.4) is 0 Å². The number of guanidine groups is 1. The van der Waals surface area contributed by atoms with Gasteiger partial charge in [-0.1, -0.05) is 13.0 Å². The lowest BCUT2D eigenvalue weighted by molar-refractivity contribution is 0.100. The molecule has 1 aliphatic heterocycles. The molecule has 0 fully saturated rings. The number of fused-ring (bicyclic) bond motifs is 1. The Morgan fingerprint density at radius 3 is 2.60 bits per heavy atom. The van der Waals surface area contributed by atoms with Crippen LogP contribution in [-0.4, -0.2) is 26.0 Å². The minimum absolute atomic E-state index is 0.0938. The fourth-order valence-corrected chi connectivity index (χ4v) is 3.99. The Hall–Kier alpha value is -1.93. The van der Waals surface area contributed by atoms with Gasteiger partial charge in [0.15, 0.2) is 15.8 Å². The van der Waals surface area contributed by atoms with Crippen LogP contribution < -0.4 is 17.2 Å². The average Bonchev–Trinajstić information content (AvgIpc) is 2.57. The van der Waals surface area contributed by atoms with Gasteiger partial charge >= 0.3 is 0 Å². The number of aliphatic imine (C=N–C) groups is 1. The average molecular weight is 296 g/mol. The number of benzene rings is 1. The molecule has 1 atom stereocenters. The number of hydrogen-bond donors (Lipinski definition) is 3. The van der Waals surface area contributed by atoms with Crippen LogP contribution in [0, 0.1) is 0 Å². The molecule has 0 spiro atoms. The first-order valence-corrected chi connectivity index (χ1v) is 7.70. The van der Waals surface area contributed by atoms with Crippen molar-refractivity contribution in [2.45, 2.75) is 24.3 Å². The Morgan fingerprint density at radius 1 is 1.40 bits per heavy atom. The first kappa shape index (κ1) is 14.5. The first-order valence-electron chi connectivity index (χ1n) is 6.05. The van der Waals surface area contributed by atoms with E-state index in [-0.39, 0.29) is 22.2 Å². The summed E-state index contributed by atoms with van der Waals surface area (Å²) < 4.78 is 24.0. The second-order valence-electron chi connectivity index (χ2n) is 4.63. The van der Waals surface area contributed by atoms with Crippen LogP contribution in [0.1, 0.15) is 34.5 Å². The summed E-state index contributed by atoms with van der Waals surface area (Å²) in [4.78, 5) is 15.5. The van der Waals surface area contributed by atoms with Crippen LogP contribution >= 0.6 is 0 Å². The fraction of sp³-hybridized carbons (Fsp3) is 0.333. The third-order valence-corrected chi connectivity index (χ3v) is 5.03. The zero-order valence-corrected chi connectivity index (χ0v) is 11.8. The van der Waals surface area contributed by atoms with Crippen LogP contribution in [0.25, 0.3) is 0 Å². The topological polar surface area (TPSA) is 142 Å². The van der Waals surface area contributed by atoms with Gasteiger partial charge in [0, 0.05) is 11.6 Å². The number of carbonyl (C=O) groups excluding carboxylic acids is 1. The molecule has 1 amide bonds. The molecular formula is C12H16N4O3S. The summed E-state index contributed by atoms with van der Waals surface area (Å²) in [6, 6.07) is 2.41. The van der Waals surface area contributed by atoms with Gasteiger partial charge in [0.05, 0.1) is 10.6 Å². The van der Waals surface area contributed by atoms with Crippen molar-refractivity contribution in [2.24, 2.45) is 22.2 Å². The lowest BCUT2D eigenvalue weighted by atomic mass is 9.98. The van der Waals surface area contributed by atoms with Crippen molar-refractivity contribution in [2.75, 3.05) is 5.75 Å². The van der Waals surface area contributed by atoms with Gasteiger partial charge in [0.1, 0.15) is 0 Å². The van der Waals surface area contributed by atoms with Crippen LogP contribution in [0.2, 0.25) is 0 Å². The van der Waals surface area contributed by atoms with E-state index in [0.29, 0.717) is 17.5 Å². The van der Waals surface area contributed by atoms with Crippen LogP contribution in [0.15, 0.2) is 22.0 Å². The number of amides is 1. The van der Waals surface area contributed by atoms with Crippen molar-refractivity contribution in [3.63, 3.8) is 0 Å². The van der Waals surface area contributed by atoms with E-state index in [1.54, 1.807) is 6.07 Å². The smallest absolute Gasteiger partial charge is 0.280 e. The van der Waals surface area contributed by atoms with E-state index in [0.717, 1.165) is 0 Å². The molecule has 8 heteroatoms. The van der Waals surface area contributed by atoms with E-state index in [1.807, 2.05) is 6.92 Å². The van der Waals surface area contributed by atoms with Crippen molar-refractivity contribution in [1.82, 2.24) is 0 Å². The van der Waals surface area contributed by atoms with Gasteiger partial charge in [0.25, 0.3) is 5.91 Å². The summed E-state index contributed by atoms with van der Waals surface area (Å²) >= 11 is 0. The molecule has 6 N–H and O–H groups in total. The van der Waals surface area contributed by atoms with Gasteiger partial charge < -0.3 is 17.2 Å². The summed E-state index contributed by atoms with van der Waals surface area (Å²) in [6.07, 6.45) is 0.543. The summed E-state index contributed by atoms with van der Waals surface area (Å²) in [5.41, 5.74) is 17.6. The highest BCUT2D eigenvalue weighted by molar-refractivity contribution is 7.91. The van der Waals surface area contributed by atoms with Crippen molar-refractivity contribution in [3.05, 3.63) is 28.8 Å². The Bertz CT molecular complexity index is 706. The van der Waals surface area contributed by atoms with Crippen molar-refractivity contribution >= 4 is 21.7 Å². The number of sulfone groups is 1. The van der Waals surface area contributed by atoms with Gasteiger partial charge in [-0.05, 0) is 23.6 Å². The normalized spacial score (nSPS) is 19.4. The second kappa shape index (κ2) is 4.88. The summed E-state index contributed by atoms with van der Waals surface area (Å²) in [6.45, 7) is 1.85. The molecule has 1 heterocycles. The van der Waals surface area contributed by atoms with Crippen LogP contribution in [-0.2, 0) is 16.3 Å². The van der Waals surface area contributed by atoms with E-state index >= 15 is 0 Å². The molecule has 0 saturated heterocycles. The van der Waals surface area contributed by atoms with Gasteiger partial charge in [-0.25, -0.2) is 8.42 Å². The van der Waals surface area contributed by atoms with Gasteiger partial charge in [-0.2, -0.15) is 4.99 Å². The highest BCUT2D eigenvalue weighted by Gasteiger charge is 2.34. The number of nitrogens with zero attached hydrogens (tertiary/aromatic N) is 1. The molecule has 1 aliphatic rings. The minimum atomic E-state index is -3.45. The van der Waals surface area contributed by atoms with E-state index in [2.05, 4.69) is 4.99 Å². The molecule has 1 unspecified atom stereocenters. The molecule has 1 aromatic rings. The Morgan fingerprint density at radius 2 is 2.05 bits per heavy atom. The Labute approximate surface area is 116 Å². The molecule has 0 saturated carbocycles. The molecule has 20 heavy (non-hydrogen) atoms. The standard InChI is InChI=1S/C12H16N4O3S/c1-2-6-3-8-9(13)5-20(18,19)10(8)4-7(6)11(17)16-12(14)15/h3-4,9H,2,5,13H2,1H3,(H4,14,15,16,17). The molecule has 2 rings (SSSR count). The number of carbonyl (C=O) groups is 1. The molecule has 0 bridgehead atoms. The molecule has 7 nitrogen and oxygen atoms in total. The van der Waals surface area contributed by atoms with E-state index in [9.17, 15) is 13.2 Å². The van der Waals surface area contributed by atoms with Gasteiger partial charge in [-0.3, -0.25) is 4.79 Å². The van der Waals surface area contributed by atoms with E-state index in [4.69, 9.17) is 17.2 Å². The lowest BCUT2D eigenvalue weighted by Gasteiger charge is -2.09. The third-order valence-electron chi connectivity index (χ3n) is 3.21. The summed E-state index contributed by atoms with van der Waals surface area (Å²) in [5, 5.41) is 0. The van der Waals surface area contributed by atoms with Crippen molar-refractivity contribution < 1.29 is 13.2 Å². The number of nitrogens with two attached hydrogens (primary N) is 3. The Kier molecular flexibility index (Phi) is 3.53. The van der Waals surface area contributed by atoms with E-state index in [1.165, 1.54) is 6.07 Å². The maximum Gasteiger partial charge on any atom is 0.280 e. The predicted molar refractivity (Wildman–Crippen MR) is 74.9 cm³/mol. The highest BCUT2D eigenvalue weighted by Crippen LogP contribution is 2.34. The largest absolute Gasteiger partial charge is 0.370 e. The molecule has 0 radical (unpaired) electrons. The number of hydrogen-bond acceptors (Lipinski definition) is 4. The zero-order valence-electron chi connectivity index (χ0n) is 11.0. The summed E-state index contributed by atoms with van der Waals surface area (Å²) in [7, 11) is -3.45. The van der Waals surface area contributed by atoms with Crippen molar-refractivity contribution in [1.29, 1.82) is 0 Å². The van der Waals surface area contributed by atoms with Gasteiger partial charge in [-0.15, -0.1) is 0 Å². The second-order valence-corrected chi connectivity index (χ2v) is 6.63. The molecule has 1 aromatic carbocycles. The zero-order chi connectivity index (χ0) is 15.1. The number of aryl methyl sites for hydroxylation is 1. The van der Waals surface area contributed by atoms with Crippen molar-refractivity contribution in [3.8, 4) is 0 Å². The monoisotopic (exact) mass is 296 g/mol. The number of rotatable bonds is 2. The molecule has 108 valence electrons. The molecule has 0 aromatic heterocycles. The predicted octanol–water partition coefficient (Wildman–Crippen LogP) is -0.550.